The maximum absolute atomic E-state index is 5.51. The van der Waals surface area contributed by atoms with Crippen molar-refractivity contribution < 1.29 is 9.47 Å². The molecule has 1 spiro atoms. The van der Waals surface area contributed by atoms with Crippen molar-refractivity contribution in [3.63, 3.8) is 0 Å². The molecule has 2 saturated heterocycles. The average molecular weight is 276 g/mol. The molecule has 2 aliphatic rings. The van der Waals surface area contributed by atoms with Crippen LogP contribution in [0, 0.1) is 12.3 Å². The Morgan fingerprint density at radius 1 is 1.15 bits per heavy atom. The van der Waals surface area contributed by atoms with Gasteiger partial charge in [-0.1, -0.05) is 0 Å². The molecule has 4 heteroatoms. The zero-order chi connectivity index (χ0) is 14.0. The SMILES string of the molecule is COc1ccc(C)nc1N1CCC2(CCOCC2)CC1. The van der Waals surface area contributed by atoms with E-state index in [9.17, 15) is 0 Å². The first-order valence-electron chi connectivity index (χ1n) is 7.57. The maximum Gasteiger partial charge on any atom is 0.171 e. The fourth-order valence-electron chi connectivity index (χ4n) is 3.41. The van der Waals surface area contributed by atoms with Crippen LogP contribution in [-0.4, -0.2) is 38.4 Å². The van der Waals surface area contributed by atoms with E-state index in [1.807, 2.05) is 19.1 Å². The molecule has 4 nitrogen and oxygen atoms in total. The summed E-state index contributed by atoms with van der Waals surface area (Å²) in [7, 11) is 1.72. The number of aryl methyl sites for hydroxylation is 1. The average Bonchev–Trinajstić information content (AvgIpc) is 2.49. The molecule has 20 heavy (non-hydrogen) atoms. The minimum absolute atomic E-state index is 0.520. The Hall–Kier alpha value is -1.29. The molecule has 0 radical (unpaired) electrons. The molecule has 3 rings (SSSR count). The van der Waals surface area contributed by atoms with Crippen LogP contribution < -0.4 is 9.64 Å². The molecular weight excluding hydrogens is 252 g/mol. The Kier molecular flexibility index (Phi) is 3.83. The zero-order valence-electron chi connectivity index (χ0n) is 12.5. The van der Waals surface area contributed by atoms with Gasteiger partial charge in [0.2, 0.25) is 0 Å². The lowest BCUT2D eigenvalue weighted by Gasteiger charge is -2.44. The number of pyridine rings is 1. The molecule has 2 aliphatic heterocycles. The summed E-state index contributed by atoms with van der Waals surface area (Å²) in [6, 6.07) is 4.03. The summed E-state index contributed by atoms with van der Waals surface area (Å²) in [5.74, 6) is 1.90. The number of piperidine rings is 1. The van der Waals surface area contributed by atoms with Gasteiger partial charge in [0.15, 0.2) is 11.6 Å². The van der Waals surface area contributed by atoms with Crippen molar-refractivity contribution in [2.45, 2.75) is 32.6 Å². The van der Waals surface area contributed by atoms with Gasteiger partial charge in [0.25, 0.3) is 0 Å². The molecule has 3 heterocycles. The summed E-state index contributed by atoms with van der Waals surface area (Å²) in [6.07, 6.45) is 4.93. The quantitative estimate of drug-likeness (QED) is 0.832. The van der Waals surface area contributed by atoms with Crippen LogP contribution in [0.5, 0.6) is 5.75 Å². The van der Waals surface area contributed by atoms with Crippen molar-refractivity contribution in [2.24, 2.45) is 5.41 Å². The Bertz CT molecular complexity index is 460. The molecule has 0 unspecified atom stereocenters. The predicted octanol–water partition coefficient (Wildman–Crippen LogP) is 2.80. The van der Waals surface area contributed by atoms with E-state index in [0.717, 1.165) is 43.6 Å². The third kappa shape index (κ3) is 2.62. The van der Waals surface area contributed by atoms with Gasteiger partial charge in [-0.05, 0) is 50.2 Å². The second-order valence-electron chi connectivity index (χ2n) is 6.08. The second-order valence-corrected chi connectivity index (χ2v) is 6.08. The molecule has 2 fully saturated rings. The number of hydrogen-bond donors (Lipinski definition) is 0. The van der Waals surface area contributed by atoms with Crippen LogP contribution in [0.1, 0.15) is 31.4 Å². The van der Waals surface area contributed by atoms with Gasteiger partial charge >= 0.3 is 0 Å². The summed E-state index contributed by atoms with van der Waals surface area (Å²) in [5, 5.41) is 0. The number of hydrogen-bond acceptors (Lipinski definition) is 4. The van der Waals surface area contributed by atoms with Crippen molar-refractivity contribution in [3.05, 3.63) is 17.8 Å². The molecule has 0 aliphatic carbocycles. The summed E-state index contributed by atoms with van der Waals surface area (Å²) in [5.41, 5.74) is 1.57. The smallest absolute Gasteiger partial charge is 0.171 e. The monoisotopic (exact) mass is 276 g/mol. The van der Waals surface area contributed by atoms with E-state index in [-0.39, 0.29) is 0 Å². The number of anilines is 1. The number of rotatable bonds is 2. The molecule has 0 N–H and O–H groups in total. The highest BCUT2D eigenvalue weighted by Gasteiger charge is 2.36. The highest BCUT2D eigenvalue weighted by molar-refractivity contribution is 5.53. The van der Waals surface area contributed by atoms with E-state index in [4.69, 9.17) is 9.47 Å². The minimum atomic E-state index is 0.520. The van der Waals surface area contributed by atoms with Gasteiger partial charge in [0, 0.05) is 32.0 Å². The van der Waals surface area contributed by atoms with Gasteiger partial charge in [-0.15, -0.1) is 0 Å². The van der Waals surface area contributed by atoms with Crippen molar-refractivity contribution in [1.29, 1.82) is 0 Å². The molecule has 0 saturated carbocycles. The molecule has 1 aromatic rings. The van der Waals surface area contributed by atoms with Crippen molar-refractivity contribution in [3.8, 4) is 5.75 Å². The third-order valence-corrected chi connectivity index (χ3v) is 4.88. The summed E-state index contributed by atoms with van der Waals surface area (Å²) in [6.45, 7) is 6.06. The molecule has 0 atom stereocenters. The van der Waals surface area contributed by atoms with Gasteiger partial charge in [0.05, 0.1) is 7.11 Å². The number of nitrogens with zero attached hydrogens (tertiary/aromatic N) is 2. The van der Waals surface area contributed by atoms with Crippen LogP contribution in [0.4, 0.5) is 5.82 Å². The Morgan fingerprint density at radius 3 is 2.50 bits per heavy atom. The van der Waals surface area contributed by atoms with Gasteiger partial charge in [-0.2, -0.15) is 0 Å². The topological polar surface area (TPSA) is 34.6 Å². The summed E-state index contributed by atoms with van der Waals surface area (Å²) < 4.78 is 11.0. The maximum atomic E-state index is 5.51. The van der Waals surface area contributed by atoms with Gasteiger partial charge < -0.3 is 14.4 Å². The van der Waals surface area contributed by atoms with Crippen LogP contribution in [0.25, 0.3) is 0 Å². The highest BCUT2D eigenvalue weighted by atomic mass is 16.5. The summed E-state index contributed by atoms with van der Waals surface area (Å²) in [4.78, 5) is 7.06. The van der Waals surface area contributed by atoms with Crippen LogP contribution in [0.15, 0.2) is 12.1 Å². The zero-order valence-corrected chi connectivity index (χ0v) is 12.5. The van der Waals surface area contributed by atoms with Crippen molar-refractivity contribution in [1.82, 2.24) is 4.98 Å². The third-order valence-electron chi connectivity index (χ3n) is 4.88. The van der Waals surface area contributed by atoms with Crippen molar-refractivity contribution >= 4 is 5.82 Å². The van der Waals surface area contributed by atoms with Gasteiger partial charge in [0.1, 0.15) is 0 Å². The molecule has 1 aromatic heterocycles. The number of aromatic nitrogens is 1. The van der Waals surface area contributed by atoms with Crippen LogP contribution in [0.3, 0.4) is 0 Å². The predicted molar refractivity (Wildman–Crippen MR) is 79.5 cm³/mol. The van der Waals surface area contributed by atoms with E-state index >= 15 is 0 Å². The molecule has 0 bridgehead atoms. The van der Waals surface area contributed by atoms with Crippen LogP contribution in [0.2, 0.25) is 0 Å². The van der Waals surface area contributed by atoms with E-state index in [0.29, 0.717) is 5.41 Å². The fourth-order valence-corrected chi connectivity index (χ4v) is 3.41. The van der Waals surface area contributed by atoms with E-state index < -0.39 is 0 Å². The van der Waals surface area contributed by atoms with E-state index in [2.05, 4.69) is 9.88 Å². The largest absolute Gasteiger partial charge is 0.493 e. The molecule has 0 aromatic carbocycles. The van der Waals surface area contributed by atoms with Gasteiger partial charge in [-0.25, -0.2) is 4.98 Å². The number of ether oxygens (including phenoxy) is 2. The second kappa shape index (κ2) is 5.60. The first-order chi connectivity index (χ1) is 9.72. The highest BCUT2D eigenvalue weighted by Crippen LogP contribution is 2.42. The lowest BCUT2D eigenvalue weighted by atomic mass is 9.72. The van der Waals surface area contributed by atoms with Crippen LogP contribution in [-0.2, 0) is 4.74 Å². The Morgan fingerprint density at radius 2 is 1.85 bits per heavy atom. The standard InChI is InChI=1S/C16H24N2O2/c1-13-3-4-14(19-2)15(17-13)18-9-5-16(6-10-18)7-11-20-12-8-16/h3-4H,5-12H2,1-2H3. The number of methoxy groups -OCH3 is 1. The summed E-state index contributed by atoms with van der Waals surface area (Å²) >= 11 is 0. The first kappa shape index (κ1) is 13.7. The van der Waals surface area contributed by atoms with Crippen molar-refractivity contribution in [2.75, 3.05) is 38.3 Å². The molecular formula is C16H24N2O2. The molecule has 110 valence electrons. The molecule has 0 amide bonds. The lowest BCUT2D eigenvalue weighted by molar-refractivity contribution is 0.00202. The Labute approximate surface area is 121 Å². The minimum Gasteiger partial charge on any atom is -0.493 e. The Balaban J connectivity index is 1.73. The normalized spacial score (nSPS) is 22.0. The van der Waals surface area contributed by atoms with Gasteiger partial charge in [-0.3, -0.25) is 0 Å². The van der Waals surface area contributed by atoms with E-state index in [1.165, 1.54) is 25.7 Å². The van der Waals surface area contributed by atoms with Crippen LogP contribution >= 0.6 is 0 Å². The first-order valence-corrected chi connectivity index (χ1v) is 7.57. The fraction of sp³-hybridized carbons (Fsp3) is 0.688. The lowest BCUT2D eigenvalue weighted by Crippen LogP contribution is -2.43. The van der Waals surface area contributed by atoms with E-state index in [1.54, 1.807) is 7.11 Å².